The Morgan fingerprint density at radius 3 is 2.39 bits per heavy atom. The van der Waals surface area contributed by atoms with Crippen molar-refractivity contribution < 1.29 is 4.79 Å². The summed E-state index contributed by atoms with van der Waals surface area (Å²) in [4.78, 5) is 28.1. The number of carbonyl (C=O) groups is 1. The minimum atomic E-state index is -0.313. The van der Waals surface area contributed by atoms with Gasteiger partial charge in [0.15, 0.2) is 5.96 Å². The molecular weight excluding hydrogens is 505 g/mol. The van der Waals surface area contributed by atoms with Crippen molar-refractivity contribution in [1.29, 1.82) is 0 Å². The smallest absolute Gasteiger partial charge is 0.230 e. The van der Waals surface area contributed by atoms with Crippen molar-refractivity contribution in [1.82, 2.24) is 25.4 Å². The number of halogens is 1. The van der Waals surface area contributed by atoms with Crippen molar-refractivity contribution in [2.75, 3.05) is 65.8 Å². The Balaban J connectivity index is 0.00000341. The summed E-state index contributed by atoms with van der Waals surface area (Å²) in [6.07, 6.45) is 6.02. The average molecular weight is 543 g/mol. The van der Waals surface area contributed by atoms with E-state index >= 15 is 0 Å². The molecule has 1 amide bonds. The molecule has 0 radical (unpaired) electrons. The number of piperazine rings is 1. The predicted molar refractivity (Wildman–Crippen MR) is 137 cm³/mol. The van der Waals surface area contributed by atoms with E-state index in [0.29, 0.717) is 13.1 Å². The molecule has 0 unspecified atom stereocenters. The van der Waals surface area contributed by atoms with Crippen molar-refractivity contribution in [3.8, 4) is 0 Å². The summed E-state index contributed by atoms with van der Waals surface area (Å²) < 4.78 is 0. The summed E-state index contributed by atoms with van der Waals surface area (Å²) in [5, 5.41) is 6.74. The minimum absolute atomic E-state index is 0. The number of hydrogen-bond donors (Lipinski definition) is 2. The molecule has 3 rings (SSSR count). The summed E-state index contributed by atoms with van der Waals surface area (Å²) in [5.41, 5.74) is 0.795. The van der Waals surface area contributed by atoms with Crippen LogP contribution in [0.4, 0.5) is 5.82 Å². The molecule has 2 N–H and O–H groups in total. The Labute approximate surface area is 203 Å². The molecule has 0 spiro atoms. The molecule has 1 aromatic heterocycles. The molecular formula is C22H38IN7O. The topological polar surface area (TPSA) is 76.1 Å². The molecule has 0 aromatic carbocycles. The zero-order chi connectivity index (χ0) is 21.6. The fourth-order valence-corrected chi connectivity index (χ4v) is 4.40. The Morgan fingerprint density at radius 1 is 1.16 bits per heavy atom. The van der Waals surface area contributed by atoms with Crippen molar-refractivity contribution in [3.05, 3.63) is 23.9 Å². The molecule has 9 heteroatoms. The average Bonchev–Trinajstić information content (AvgIpc) is 3.24. The van der Waals surface area contributed by atoms with Gasteiger partial charge in [-0.15, -0.1) is 24.0 Å². The molecule has 31 heavy (non-hydrogen) atoms. The lowest BCUT2D eigenvalue weighted by Gasteiger charge is -2.33. The van der Waals surface area contributed by atoms with Crippen LogP contribution in [0.15, 0.2) is 23.3 Å². The number of carbonyl (C=O) groups excluding carboxylic acids is 1. The number of nitrogens with one attached hydrogen (secondary N) is 2. The lowest BCUT2D eigenvalue weighted by atomic mass is 9.84. The Kier molecular flexibility index (Phi) is 9.80. The summed E-state index contributed by atoms with van der Waals surface area (Å²) in [7, 11) is 7.60. The van der Waals surface area contributed by atoms with Crippen molar-refractivity contribution in [3.63, 3.8) is 0 Å². The molecule has 0 bridgehead atoms. The molecule has 0 atom stereocenters. The maximum atomic E-state index is 12.7. The van der Waals surface area contributed by atoms with Gasteiger partial charge in [0.05, 0.1) is 5.41 Å². The van der Waals surface area contributed by atoms with E-state index in [9.17, 15) is 4.79 Å². The minimum Gasteiger partial charge on any atom is -0.355 e. The highest BCUT2D eigenvalue weighted by molar-refractivity contribution is 14.0. The van der Waals surface area contributed by atoms with Gasteiger partial charge in [-0.25, -0.2) is 4.98 Å². The van der Waals surface area contributed by atoms with Gasteiger partial charge in [-0.1, -0.05) is 18.9 Å². The first kappa shape index (κ1) is 25.6. The number of aromatic nitrogens is 1. The molecule has 1 aliphatic heterocycles. The predicted octanol–water partition coefficient (Wildman–Crippen LogP) is 1.76. The van der Waals surface area contributed by atoms with Gasteiger partial charge in [-0.2, -0.15) is 0 Å². The first-order valence-corrected chi connectivity index (χ1v) is 11.0. The van der Waals surface area contributed by atoms with E-state index in [4.69, 9.17) is 0 Å². The third-order valence-corrected chi connectivity index (χ3v) is 6.33. The highest BCUT2D eigenvalue weighted by Crippen LogP contribution is 2.38. The van der Waals surface area contributed by atoms with E-state index in [2.05, 4.69) is 49.6 Å². The highest BCUT2D eigenvalue weighted by atomic mass is 127. The number of nitrogens with zero attached hydrogens (tertiary/aromatic N) is 5. The first-order chi connectivity index (χ1) is 14.4. The fraction of sp³-hybridized carbons (Fsp3) is 0.682. The molecule has 1 saturated heterocycles. The van der Waals surface area contributed by atoms with Crippen LogP contribution < -0.4 is 15.5 Å². The Morgan fingerprint density at radius 2 is 1.84 bits per heavy atom. The molecule has 2 aliphatic rings. The van der Waals surface area contributed by atoms with Crippen molar-refractivity contribution >= 4 is 41.7 Å². The van der Waals surface area contributed by atoms with Gasteiger partial charge in [0.1, 0.15) is 5.82 Å². The zero-order valence-corrected chi connectivity index (χ0v) is 21.7. The molecule has 2 heterocycles. The zero-order valence-electron chi connectivity index (χ0n) is 19.4. The number of likely N-dealkylation sites (N-methyl/N-ethyl adjacent to an activating group) is 1. The van der Waals surface area contributed by atoms with Crippen LogP contribution in [0.25, 0.3) is 0 Å². The molecule has 1 saturated carbocycles. The monoisotopic (exact) mass is 543 g/mol. The Bertz CT molecular complexity index is 724. The largest absolute Gasteiger partial charge is 0.355 e. The Hall–Kier alpha value is -1.62. The van der Waals surface area contributed by atoms with Crippen LogP contribution >= 0.6 is 24.0 Å². The number of hydrogen-bond acceptors (Lipinski definition) is 5. The van der Waals surface area contributed by atoms with E-state index < -0.39 is 0 Å². The molecule has 1 aromatic rings. The van der Waals surface area contributed by atoms with Crippen molar-refractivity contribution in [2.45, 2.75) is 32.2 Å². The van der Waals surface area contributed by atoms with E-state index in [1.165, 1.54) is 0 Å². The maximum absolute atomic E-state index is 12.7. The van der Waals surface area contributed by atoms with Crippen LogP contribution in [0.1, 0.15) is 31.2 Å². The number of guanidine groups is 1. The number of amides is 1. The lowest BCUT2D eigenvalue weighted by molar-refractivity contribution is -0.138. The molecule has 2 fully saturated rings. The summed E-state index contributed by atoms with van der Waals surface area (Å²) in [6.45, 7) is 5.44. The second kappa shape index (κ2) is 11.8. The fourth-order valence-electron chi connectivity index (χ4n) is 4.40. The van der Waals surface area contributed by atoms with Gasteiger partial charge in [-0.05, 0) is 31.5 Å². The van der Waals surface area contributed by atoms with Crippen molar-refractivity contribution in [2.24, 2.45) is 10.4 Å². The standard InChI is InChI=1S/C22H37N7O.HI/c1-23-21(26-17-22(9-5-6-10-22)20(30)27(2)3)25-16-18-7-8-19(24-15-18)29-13-11-28(4)12-14-29;/h7-8,15H,5-6,9-14,16-17H2,1-4H3,(H2,23,25,26);1H. The normalized spacial score (nSPS) is 19.0. The van der Waals surface area contributed by atoms with Crippen LogP contribution in [0.5, 0.6) is 0 Å². The van der Waals surface area contributed by atoms with Crippen LogP contribution in [0, 0.1) is 5.41 Å². The van der Waals surface area contributed by atoms with Gasteiger partial charge >= 0.3 is 0 Å². The van der Waals surface area contributed by atoms with E-state index in [1.54, 1.807) is 11.9 Å². The number of aliphatic imine (C=N–C) groups is 1. The molecule has 1 aliphatic carbocycles. The van der Waals surface area contributed by atoms with Crippen LogP contribution in [0.2, 0.25) is 0 Å². The van der Waals surface area contributed by atoms with Gasteiger partial charge in [-0.3, -0.25) is 9.79 Å². The third kappa shape index (κ3) is 6.68. The van der Waals surface area contributed by atoms with Gasteiger partial charge < -0.3 is 25.3 Å². The van der Waals surface area contributed by atoms with E-state index in [-0.39, 0.29) is 35.3 Å². The second-order valence-corrected chi connectivity index (χ2v) is 8.78. The van der Waals surface area contributed by atoms with Crippen LogP contribution in [-0.2, 0) is 11.3 Å². The van der Waals surface area contributed by atoms with Gasteiger partial charge in [0, 0.05) is 66.6 Å². The number of rotatable bonds is 6. The highest BCUT2D eigenvalue weighted by Gasteiger charge is 2.42. The number of pyridine rings is 1. The number of anilines is 1. The summed E-state index contributed by atoms with van der Waals surface area (Å²) in [5.74, 6) is 1.97. The third-order valence-electron chi connectivity index (χ3n) is 6.33. The van der Waals surface area contributed by atoms with E-state index in [1.807, 2.05) is 20.3 Å². The first-order valence-electron chi connectivity index (χ1n) is 11.0. The summed E-state index contributed by atoms with van der Waals surface area (Å²) >= 11 is 0. The van der Waals surface area contributed by atoms with E-state index in [0.717, 1.165) is 69.2 Å². The SMILES string of the molecule is CN=C(NCc1ccc(N2CCN(C)CC2)nc1)NCC1(C(=O)N(C)C)CCCC1.I. The van der Waals surface area contributed by atoms with Crippen LogP contribution in [0.3, 0.4) is 0 Å². The lowest BCUT2D eigenvalue weighted by Crippen LogP contribution is -2.49. The quantitative estimate of drug-likeness (QED) is 0.324. The molecule has 174 valence electrons. The second-order valence-electron chi connectivity index (χ2n) is 8.78. The maximum Gasteiger partial charge on any atom is 0.230 e. The van der Waals surface area contributed by atoms with Crippen LogP contribution in [-0.4, -0.2) is 87.6 Å². The van der Waals surface area contributed by atoms with Gasteiger partial charge in [0.2, 0.25) is 5.91 Å². The van der Waals surface area contributed by atoms with Gasteiger partial charge in [0.25, 0.3) is 0 Å². The summed E-state index contributed by atoms with van der Waals surface area (Å²) in [6, 6.07) is 4.22. The molecule has 8 nitrogen and oxygen atoms in total.